The van der Waals surface area contributed by atoms with Crippen LogP contribution in [0, 0.1) is 0 Å². The summed E-state index contributed by atoms with van der Waals surface area (Å²) in [4.78, 5) is 18.0. The number of aromatic nitrogens is 3. The first-order valence-electron chi connectivity index (χ1n) is 5.51. The molecule has 0 spiro atoms. The molecule has 88 valence electrons. The molecule has 6 nitrogen and oxygen atoms in total. The number of pyridine rings is 1. The van der Waals surface area contributed by atoms with E-state index in [1.165, 1.54) is 6.33 Å². The zero-order valence-corrected chi connectivity index (χ0v) is 9.24. The fourth-order valence-corrected chi connectivity index (χ4v) is 1.89. The standard InChI is InChI=1S/C11H12N4O2/c16-11(14-3-5-17-6-4-14)9-1-2-10-12-8-13-15(10)7-9/h1-2,7-8H,3-6H2. The molecule has 1 aliphatic heterocycles. The molecule has 1 fully saturated rings. The molecule has 6 heteroatoms. The fourth-order valence-electron chi connectivity index (χ4n) is 1.89. The van der Waals surface area contributed by atoms with Gasteiger partial charge in [-0.25, -0.2) is 9.50 Å². The Kier molecular flexibility index (Phi) is 2.49. The maximum atomic E-state index is 12.2. The van der Waals surface area contributed by atoms with Crippen molar-refractivity contribution in [2.45, 2.75) is 0 Å². The minimum atomic E-state index is 0.0192. The molecule has 0 N–H and O–H groups in total. The van der Waals surface area contributed by atoms with E-state index in [1.54, 1.807) is 27.7 Å². The van der Waals surface area contributed by atoms with Gasteiger partial charge >= 0.3 is 0 Å². The molecule has 2 aromatic rings. The van der Waals surface area contributed by atoms with Crippen LogP contribution in [0.5, 0.6) is 0 Å². The van der Waals surface area contributed by atoms with Crippen LogP contribution < -0.4 is 0 Å². The predicted molar refractivity (Wildman–Crippen MR) is 59.7 cm³/mol. The van der Waals surface area contributed by atoms with E-state index < -0.39 is 0 Å². The van der Waals surface area contributed by atoms with E-state index in [0.29, 0.717) is 31.9 Å². The van der Waals surface area contributed by atoms with Gasteiger partial charge < -0.3 is 9.64 Å². The zero-order chi connectivity index (χ0) is 11.7. The van der Waals surface area contributed by atoms with Crippen molar-refractivity contribution in [2.75, 3.05) is 26.3 Å². The van der Waals surface area contributed by atoms with Crippen molar-refractivity contribution in [1.29, 1.82) is 0 Å². The summed E-state index contributed by atoms with van der Waals surface area (Å²) in [5.74, 6) is 0.0192. The largest absolute Gasteiger partial charge is 0.378 e. The van der Waals surface area contributed by atoms with Gasteiger partial charge in [0.2, 0.25) is 0 Å². The van der Waals surface area contributed by atoms with Crippen molar-refractivity contribution in [2.24, 2.45) is 0 Å². The lowest BCUT2D eigenvalue weighted by Crippen LogP contribution is -2.40. The highest BCUT2D eigenvalue weighted by Gasteiger charge is 2.18. The first-order chi connectivity index (χ1) is 8.34. The number of amides is 1. The molecule has 0 atom stereocenters. The lowest BCUT2D eigenvalue weighted by Gasteiger charge is -2.26. The maximum absolute atomic E-state index is 12.2. The summed E-state index contributed by atoms with van der Waals surface area (Å²) in [7, 11) is 0. The van der Waals surface area contributed by atoms with Gasteiger partial charge in [-0.1, -0.05) is 0 Å². The monoisotopic (exact) mass is 232 g/mol. The summed E-state index contributed by atoms with van der Waals surface area (Å²) >= 11 is 0. The molecule has 0 unspecified atom stereocenters. The molecule has 0 radical (unpaired) electrons. The molecular weight excluding hydrogens is 220 g/mol. The Labute approximate surface area is 97.8 Å². The second-order valence-electron chi connectivity index (χ2n) is 3.89. The summed E-state index contributed by atoms with van der Waals surface area (Å²) in [5.41, 5.74) is 1.37. The van der Waals surface area contributed by atoms with Gasteiger partial charge in [0, 0.05) is 19.3 Å². The van der Waals surface area contributed by atoms with Crippen molar-refractivity contribution in [3.63, 3.8) is 0 Å². The summed E-state index contributed by atoms with van der Waals surface area (Å²) in [6, 6.07) is 3.57. The van der Waals surface area contributed by atoms with Crippen molar-refractivity contribution in [1.82, 2.24) is 19.5 Å². The van der Waals surface area contributed by atoms with E-state index in [9.17, 15) is 4.79 Å². The molecule has 1 saturated heterocycles. The van der Waals surface area contributed by atoms with Crippen LogP contribution in [-0.2, 0) is 4.74 Å². The Morgan fingerprint density at radius 1 is 1.29 bits per heavy atom. The molecule has 3 heterocycles. The molecule has 3 rings (SSSR count). The summed E-state index contributed by atoms with van der Waals surface area (Å²) in [6.07, 6.45) is 3.18. The van der Waals surface area contributed by atoms with Gasteiger partial charge in [0.15, 0.2) is 5.65 Å². The smallest absolute Gasteiger partial charge is 0.255 e. The quantitative estimate of drug-likeness (QED) is 0.704. The molecule has 1 amide bonds. The third kappa shape index (κ3) is 1.87. The molecule has 17 heavy (non-hydrogen) atoms. The van der Waals surface area contributed by atoms with Crippen LogP contribution in [0.2, 0.25) is 0 Å². The fraction of sp³-hybridized carbons (Fsp3) is 0.364. The molecule has 1 aliphatic rings. The highest BCUT2D eigenvalue weighted by molar-refractivity contribution is 5.94. The van der Waals surface area contributed by atoms with Crippen molar-refractivity contribution >= 4 is 11.6 Å². The summed E-state index contributed by atoms with van der Waals surface area (Å²) in [6.45, 7) is 2.51. The highest BCUT2D eigenvalue weighted by atomic mass is 16.5. The number of ether oxygens (including phenoxy) is 1. The van der Waals surface area contributed by atoms with Gasteiger partial charge in [-0.15, -0.1) is 0 Å². The van der Waals surface area contributed by atoms with Gasteiger partial charge in [0.05, 0.1) is 18.8 Å². The van der Waals surface area contributed by atoms with E-state index in [1.807, 2.05) is 0 Å². The minimum absolute atomic E-state index is 0.0192. The number of fused-ring (bicyclic) bond motifs is 1. The van der Waals surface area contributed by atoms with Crippen molar-refractivity contribution in [3.8, 4) is 0 Å². The SMILES string of the molecule is O=C(c1ccc2ncnn2c1)N1CCOCC1. The Morgan fingerprint density at radius 3 is 2.94 bits per heavy atom. The molecule has 0 bridgehead atoms. The Balaban J connectivity index is 1.88. The summed E-state index contributed by atoms with van der Waals surface area (Å²) < 4.78 is 6.83. The molecule has 0 saturated carbocycles. The Hall–Kier alpha value is -1.95. The summed E-state index contributed by atoms with van der Waals surface area (Å²) in [5, 5.41) is 4.02. The van der Waals surface area contributed by atoms with Crippen LogP contribution in [0.3, 0.4) is 0 Å². The average Bonchev–Trinajstić information content (AvgIpc) is 2.86. The van der Waals surface area contributed by atoms with Crippen molar-refractivity contribution in [3.05, 3.63) is 30.2 Å². The van der Waals surface area contributed by atoms with Gasteiger partial charge in [-0.3, -0.25) is 4.79 Å². The number of hydrogen-bond donors (Lipinski definition) is 0. The van der Waals surface area contributed by atoms with E-state index >= 15 is 0 Å². The van der Waals surface area contributed by atoms with Crippen LogP contribution in [0.4, 0.5) is 0 Å². The topological polar surface area (TPSA) is 59.7 Å². The van der Waals surface area contributed by atoms with Crippen LogP contribution >= 0.6 is 0 Å². The lowest BCUT2D eigenvalue weighted by molar-refractivity contribution is 0.0302. The number of rotatable bonds is 1. The van der Waals surface area contributed by atoms with Crippen LogP contribution in [0.25, 0.3) is 5.65 Å². The normalized spacial score (nSPS) is 16.4. The van der Waals surface area contributed by atoms with E-state index in [4.69, 9.17) is 4.74 Å². The number of nitrogens with zero attached hydrogens (tertiary/aromatic N) is 4. The third-order valence-electron chi connectivity index (χ3n) is 2.82. The average molecular weight is 232 g/mol. The molecule has 0 aromatic carbocycles. The van der Waals surface area contributed by atoms with Gasteiger partial charge in [-0.05, 0) is 12.1 Å². The predicted octanol–water partition coefficient (Wildman–Crippen LogP) is 0.202. The van der Waals surface area contributed by atoms with Gasteiger partial charge in [0.25, 0.3) is 5.91 Å². The Bertz CT molecular complexity index is 545. The lowest BCUT2D eigenvalue weighted by atomic mass is 10.2. The highest BCUT2D eigenvalue weighted by Crippen LogP contribution is 2.08. The molecule has 2 aromatic heterocycles. The first-order valence-corrected chi connectivity index (χ1v) is 5.51. The van der Waals surface area contributed by atoms with Crippen LogP contribution in [0.15, 0.2) is 24.7 Å². The minimum Gasteiger partial charge on any atom is -0.378 e. The van der Waals surface area contributed by atoms with Gasteiger partial charge in [-0.2, -0.15) is 5.10 Å². The second kappa shape index (κ2) is 4.14. The Morgan fingerprint density at radius 2 is 2.12 bits per heavy atom. The molecular formula is C11H12N4O2. The maximum Gasteiger partial charge on any atom is 0.255 e. The third-order valence-corrected chi connectivity index (χ3v) is 2.82. The van der Waals surface area contributed by atoms with E-state index in [0.717, 1.165) is 5.65 Å². The zero-order valence-electron chi connectivity index (χ0n) is 9.24. The van der Waals surface area contributed by atoms with E-state index in [2.05, 4.69) is 10.1 Å². The van der Waals surface area contributed by atoms with Crippen molar-refractivity contribution < 1.29 is 9.53 Å². The second-order valence-corrected chi connectivity index (χ2v) is 3.89. The van der Waals surface area contributed by atoms with Crippen LogP contribution in [-0.4, -0.2) is 51.7 Å². The number of carbonyl (C=O) groups is 1. The first kappa shape index (κ1) is 10.2. The van der Waals surface area contributed by atoms with Gasteiger partial charge in [0.1, 0.15) is 6.33 Å². The van der Waals surface area contributed by atoms with E-state index in [-0.39, 0.29) is 5.91 Å². The number of hydrogen-bond acceptors (Lipinski definition) is 4. The number of morpholine rings is 1. The van der Waals surface area contributed by atoms with Crippen LogP contribution in [0.1, 0.15) is 10.4 Å². The number of carbonyl (C=O) groups excluding carboxylic acids is 1. The molecule has 0 aliphatic carbocycles.